The van der Waals surface area contributed by atoms with Gasteiger partial charge in [0.15, 0.2) is 0 Å². The van der Waals surface area contributed by atoms with E-state index in [0.29, 0.717) is 41.2 Å². The summed E-state index contributed by atoms with van der Waals surface area (Å²) < 4.78 is 16.3. The molecule has 1 rings (SSSR count). The van der Waals surface area contributed by atoms with Gasteiger partial charge in [-0.2, -0.15) is 0 Å². The van der Waals surface area contributed by atoms with Crippen LogP contribution in [0, 0.1) is 5.92 Å². The predicted octanol–water partition coefficient (Wildman–Crippen LogP) is 2.38. The molecule has 1 aromatic rings. The molecule has 4 nitrogen and oxygen atoms in total. The molecule has 0 aromatic heterocycles. The molecule has 2 N–H and O–H groups in total. The van der Waals surface area contributed by atoms with Crippen molar-refractivity contribution in [2.45, 2.75) is 13.8 Å². The van der Waals surface area contributed by atoms with E-state index in [1.807, 2.05) is 0 Å². The van der Waals surface area contributed by atoms with Crippen LogP contribution in [0.5, 0.6) is 11.5 Å². The number of thiocarbonyl (C=S) groups is 1. The maximum absolute atomic E-state index is 5.66. The van der Waals surface area contributed by atoms with Gasteiger partial charge in [0.2, 0.25) is 0 Å². The van der Waals surface area contributed by atoms with Gasteiger partial charge in [0, 0.05) is 12.7 Å². The first kappa shape index (κ1) is 15.7. The average Bonchev–Trinajstić information content (AvgIpc) is 2.37. The molecule has 0 atom stereocenters. The van der Waals surface area contributed by atoms with E-state index in [0.717, 1.165) is 6.61 Å². The summed E-state index contributed by atoms with van der Waals surface area (Å²) in [6.07, 6.45) is 0. The molecule has 0 aliphatic rings. The van der Waals surface area contributed by atoms with Crippen molar-refractivity contribution in [3.63, 3.8) is 0 Å². The molecular formula is C14H21NO3S. The van der Waals surface area contributed by atoms with Crippen LogP contribution in [-0.4, -0.2) is 31.9 Å². The molecule has 0 aliphatic carbocycles. The zero-order chi connectivity index (χ0) is 14.3. The second-order valence-corrected chi connectivity index (χ2v) is 4.98. The van der Waals surface area contributed by atoms with Crippen molar-refractivity contribution in [1.29, 1.82) is 0 Å². The zero-order valence-electron chi connectivity index (χ0n) is 11.6. The maximum atomic E-state index is 5.66. The zero-order valence-corrected chi connectivity index (χ0v) is 12.5. The minimum atomic E-state index is 0.306. The number of methoxy groups -OCH3 is 1. The number of hydrogen-bond donors (Lipinski definition) is 1. The molecule has 0 spiro atoms. The van der Waals surface area contributed by atoms with E-state index in [1.165, 1.54) is 0 Å². The first-order valence-electron chi connectivity index (χ1n) is 6.23. The van der Waals surface area contributed by atoms with Crippen LogP contribution in [-0.2, 0) is 4.74 Å². The van der Waals surface area contributed by atoms with Gasteiger partial charge in [-0.3, -0.25) is 0 Å². The highest BCUT2D eigenvalue weighted by atomic mass is 32.1. The van der Waals surface area contributed by atoms with Gasteiger partial charge in [-0.15, -0.1) is 0 Å². The summed E-state index contributed by atoms with van der Waals surface area (Å²) in [6, 6.07) is 5.37. The molecule has 0 saturated carbocycles. The van der Waals surface area contributed by atoms with Crippen molar-refractivity contribution < 1.29 is 14.2 Å². The van der Waals surface area contributed by atoms with Gasteiger partial charge in [-0.25, -0.2) is 0 Å². The predicted molar refractivity (Wildman–Crippen MR) is 80.0 cm³/mol. The molecule has 0 amide bonds. The van der Waals surface area contributed by atoms with E-state index in [4.69, 9.17) is 32.2 Å². The normalized spacial score (nSPS) is 10.5. The van der Waals surface area contributed by atoms with E-state index >= 15 is 0 Å². The smallest absolute Gasteiger partial charge is 0.133 e. The number of benzene rings is 1. The SMILES string of the molecule is COc1ccc(C(N)=S)c(OCCOCC(C)C)c1. The summed E-state index contributed by atoms with van der Waals surface area (Å²) in [5.41, 5.74) is 6.36. The number of rotatable bonds is 8. The number of nitrogens with two attached hydrogens (primary N) is 1. The molecule has 0 heterocycles. The van der Waals surface area contributed by atoms with Gasteiger partial charge in [0.05, 0.1) is 19.3 Å². The van der Waals surface area contributed by atoms with Crippen molar-refractivity contribution in [2.75, 3.05) is 26.9 Å². The molecule has 0 bridgehead atoms. The number of hydrogen-bond acceptors (Lipinski definition) is 4. The minimum Gasteiger partial charge on any atom is -0.497 e. The summed E-state index contributed by atoms with van der Waals surface area (Å²) in [5, 5.41) is 0. The summed E-state index contributed by atoms with van der Waals surface area (Å²) in [5.74, 6) is 1.85. The lowest BCUT2D eigenvalue weighted by Gasteiger charge is -2.13. The van der Waals surface area contributed by atoms with Crippen LogP contribution >= 0.6 is 12.2 Å². The van der Waals surface area contributed by atoms with Gasteiger partial charge in [-0.05, 0) is 18.1 Å². The largest absolute Gasteiger partial charge is 0.497 e. The van der Waals surface area contributed by atoms with Crippen LogP contribution in [0.15, 0.2) is 18.2 Å². The van der Waals surface area contributed by atoms with Crippen molar-refractivity contribution in [3.8, 4) is 11.5 Å². The maximum Gasteiger partial charge on any atom is 0.133 e. The third-order valence-electron chi connectivity index (χ3n) is 2.39. The second-order valence-electron chi connectivity index (χ2n) is 4.54. The molecule has 0 aliphatic heterocycles. The second kappa shape index (κ2) is 7.96. The fraction of sp³-hybridized carbons (Fsp3) is 0.500. The summed E-state index contributed by atoms with van der Waals surface area (Å²) in [6.45, 7) is 5.92. The van der Waals surface area contributed by atoms with Crippen molar-refractivity contribution in [2.24, 2.45) is 11.7 Å². The molecule has 0 fully saturated rings. The van der Waals surface area contributed by atoms with E-state index < -0.39 is 0 Å². The topological polar surface area (TPSA) is 53.7 Å². The van der Waals surface area contributed by atoms with Crippen molar-refractivity contribution in [3.05, 3.63) is 23.8 Å². The lowest BCUT2D eigenvalue weighted by atomic mass is 10.2. The summed E-state index contributed by atoms with van der Waals surface area (Å²) >= 11 is 4.99. The first-order valence-corrected chi connectivity index (χ1v) is 6.63. The minimum absolute atomic E-state index is 0.306. The molecule has 106 valence electrons. The van der Waals surface area contributed by atoms with E-state index in [2.05, 4.69) is 13.8 Å². The Hall–Kier alpha value is -1.33. The Morgan fingerprint density at radius 3 is 2.63 bits per heavy atom. The Morgan fingerprint density at radius 1 is 1.32 bits per heavy atom. The monoisotopic (exact) mass is 283 g/mol. The lowest BCUT2D eigenvalue weighted by molar-refractivity contribution is 0.0818. The highest BCUT2D eigenvalue weighted by Crippen LogP contribution is 2.24. The Kier molecular flexibility index (Phi) is 6.59. The molecule has 0 unspecified atom stereocenters. The molecule has 5 heteroatoms. The fourth-order valence-electron chi connectivity index (χ4n) is 1.48. The van der Waals surface area contributed by atoms with E-state index in [9.17, 15) is 0 Å². The van der Waals surface area contributed by atoms with Gasteiger partial charge >= 0.3 is 0 Å². The third kappa shape index (κ3) is 5.44. The average molecular weight is 283 g/mol. The van der Waals surface area contributed by atoms with Crippen molar-refractivity contribution in [1.82, 2.24) is 0 Å². The molecule has 0 radical (unpaired) electrons. The molecule has 1 aromatic carbocycles. The van der Waals surface area contributed by atoms with E-state index in [1.54, 1.807) is 25.3 Å². The van der Waals surface area contributed by atoms with Gasteiger partial charge in [0.25, 0.3) is 0 Å². The van der Waals surface area contributed by atoms with E-state index in [-0.39, 0.29) is 0 Å². The van der Waals surface area contributed by atoms with Gasteiger partial charge < -0.3 is 19.9 Å². The quantitative estimate of drug-likeness (QED) is 0.586. The Labute approximate surface area is 119 Å². The fourth-order valence-corrected chi connectivity index (χ4v) is 1.65. The molecule has 0 saturated heterocycles. The standard InChI is InChI=1S/C14H21NO3S/c1-10(2)9-17-6-7-18-13-8-11(16-3)4-5-12(13)14(15)19/h4-5,8,10H,6-7,9H2,1-3H3,(H2,15,19). The first-order chi connectivity index (χ1) is 9.04. The van der Waals surface area contributed by atoms with Crippen molar-refractivity contribution >= 4 is 17.2 Å². The van der Waals surface area contributed by atoms with Crippen LogP contribution in [0.3, 0.4) is 0 Å². The summed E-state index contributed by atoms with van der Waals surface area (Å²) in [7, 11) is 1.60. The van der Waals surface area contributed by atoms with Crippen LogP contribution in [0.25, 0.3) is 0 Å². The highest BCUT2D eigenvalue weighted by Gasteiger charge is 2.08. The Bertz CT molecular complexity index is 421. The van der Waals surface area contributed by atoms with Crippen LogP contribution in [0.1, 0.15) is 19.4 Å². The Morgan fingerprint density at radius 2 is 2.05 bits per heavy atom. The highest BCUT2D eigenvalue weighted by molar-refractivity contribution is 7.80. The summed E-state index contributed by atoms with van der Waals surface area (Å²) in [4.78, 5) is 0.306. The van der Waals surface area contributed by atoms with Crippen LogP contribution in [0.4, 0.5) is 0 Å². The molecule has 19 heavy (non-hydrogen) atoms. The molecular weight excluding hydrogens is 262 g/mol. The Balaban J connectivity index is 2.57. The number of ether oxygens (including phenoxy) is 3. The van der Waals surface area contributed by atoms with Gasteiger partial charge in [-0.1, -0.05) is 26.1 Å². The van der Waals surface area contributed by atoms with Crippen LogP contribution in [0.2, 0.25) is 0 Å². The lowest BCUT2D eigenvalue weighted by Crippen LogP contribution is -2.14. The third-order valence-corrected chi connectivity index (χ3v) is 2.61. The van der Waals surface area contributed by atoms with Crippen LogP contribution < -0.4 is 15.2 Å². The van der Waals surface area contributed by atoms with Gasteiger partial charge in [0.1, 0.15) is 23.1 Å².